The number of rotatable bonds is 5. The van der Waals surface area contributed by atoms with Crippen LogP contribution in [0.4, 0.5) is 17.1 Å². The number of furan rings is 1. The van der Waals surface area contributed by atoms with Crippen LogP contribution in [-0.4, -0.2) is 4.98 Å². The summed E-state index contributed by atoms with van der Waals surface area (Å²) in [6, 6.07) is 51.2. The first-order valence-corrected chi connectivity index (χ1v) is 14.1. The van der Waals surface area contributed by atoms with Crippen molar-refractivity contribution in [2.75, 3.05) is 4.90 Å². The van der Waals surface area contributed by atoms with Crippen LogP contribution in [0.15, 0.2) is 162 Å². The SMILES string of the molecule is c1ccc(-c2ccc(N(c3ccc(-c4ccccc4)cc3)c3cccc4oc5cc6ccncc6cc5c34)cc2)cc1. The molecule has 0 N–H and O–H groups in total. The molecule has 6 aromatic carbocycles. The number of hydrogen-bond acceptors (Lipinski definition) is 3. The molecule has 0 aliphatic rings. The summed E-state index contributed by atoms with van der Waals surface area (Å²) in [6.45, 7) is 0. The molecule has 0 amide bonds. The van der Waals surface area contributed by atoms with Gasteiger partial charge in [-0.05, 0) is 82.2 Å². The molecule has 0 aliphatic heterocycles. The van der Waals surface area contributed by atoms with E-state index in [1.165, 1.54) is 22.3 Å². The maximum absolute atomic E-state index is 6.43. The molecular weight excluding hydrogens is 512 g/mol. The fourth-order valence-corrected chi connectivity index (χ4v) is 5.87. The van der Waals surface area contributed by atoms with Crippen molar-refractivity contribution >= 4 is 49.8 Å². The average Bonchev–Trinajstić information content (AvgIpc) is 3.43. The maximum Gasteiger partial charge on any atom is 0.137 e. The van der Waals surface area contributed by atoms with E-state index in [1.807, 2.05) is 30.6 Å². The second kappa shape index (κ2) is 10.1. The van der Waals surface area contributed by atoms with Gasteiger partial charge in [0.1, 0.15) is 11.2 Å². The summed E-state index contributed by atoms with van der Waals surface area (Å²) >= 11 is 0. The molecule has 0 bridgehead atoms. The Hall–Kier alpha value is -5.67. The Bertz CT molecular complexity index is 2080. The number of pyridine rings is 1. The zero-order chi connectivity index (χ0) is 27.9. The van der Waals surface area contributed by atoms with Gasteiger partial charge in [0.2, 0.25) is 0 Å². The van der Waals surface area contributed by atoms with Gasteiger partial charge in [-0.2, -0.15) is 0 Å². The van der Waals surface area contributed by atoms with E-state index in [9.17, 15) is 0 Å². The van der Waals surface area contributed by atoms with Crippen LogP contribution in [0.2, 0.25) is 0 Å². The maximum atomic E-state index is 6.43. The molecule has 0 fully saturated rings. The van der Waals surface area contributed by atoms with Gasteiger partial charge < -0.3 is 9.32 Å². The summed E-state index contributed by atoms with van der Waals surface area (Å²) < 4.78 is 6.43. The molecule has 2 aromatic heterocycles. The van der Waals surface area contributed by atoms with Crippen LogP contribution in [0.5, 0.6) is 0 Å². The van der Waals surface area contributed by atoms with Crippen LogP contribution in [0.1, 0.15) is 0 Å². The molecule has 198 valence electrons. The summed E-state index contributed by atoms with van der Waals surface area (Å²) in [7, 11) is 0. The lowest BCUT2D eigenvalue weighted by Crippen LogP contribution is -2.10. The van der Waals surface area contributed by atoms with Crippen molar-refractivity contribution in [1.82, 2.24) is 4.98 Å². The molecule has 0 radical (unpaired) electrons. The van der Waals surface area contributed by atoms with E-state index in [2.05, 4.69) is 137 Å². The van der Waals surface area contributed by atoms with Gasteiger partial charge in [-0.25, -0.2) is 0 Å². The first kappa shape index (κ1) is 24.2. The summed E-state index contributed by atoms with van der Waals surface area (Å²) in [4.78, 5) is 6.69. The van der Waals surface area contributed by atoms with Gasteiger partial charge in [0, 0.05) is 34.5 Å². The number of nitrogens with zero attached hydrogens (tertiary/aromatic N) is 2. The van der Waals surface area contributed by atoms with Crippen molar-refractivity contribution in [3.05, 3.63) is 158 Å². The lowest BCUT2D eigenvalue weighted by atomic mass is 10.0. The molecule has 0 saturated heterocycles. The number of benzene rings is 6. The van der Waals surface area contributed by atoms with E-state index >= 15 is 0 Å². The molecule has 2 heterocycles. The molecule has 8 rings (SSSR count). The Kier molecular flexibility index (Phi) is 5.79. The summed E-state index contributed by atoms with van der Waals surface area (Å²) in [5.74, 6) is 0. The van der Waals surface area contributed by atoms with Gasteiger partial charge in [-0.1, -0.05) is 91.0 Å². The Balaban J connectivity index is 1.33. The quantitative estimate of drug-likeness (QED) is 0.218. The van der Waals surface area contributed by atoms with E-state index in [4.69, 9.17) is 4.42 Å². The molecule has 0 aliphatic carbocycles. The predicted molar refractivity (Wildman–Crippen MR) is 175 cm³/mol. The Morgan fingerprint density at radius 1 is 0.476 bits per heavy atom. The van der Waals surface area contributed by atoms with Crippen LogP contribution in [0, 0.1) is 0 Å². The minimum Gasteiger partial charge on any atom is -0.456 e. The molecule has 0 spiro atoms. The lowest BCUT2D eigenvalue weighted by Gasteiger charge is -2.26. The third-order valence-electron chi connectivity index (χ3n) is 7.94. The van der Waals surface area contributed by atoms with Gasteiger partial charge in [0.25, 0.3) is 0 Å². The van der Waals surface area contributed by atoms with Crippen molar-refractivity contribution in [3.8, 4) is 22.3 Å². The molecule has 42 heavy (non-hydrogen) atoms. The topological polar surface area (TPSA) is 29.3 Å². The highest BCUT2D eigenvalue weighted by Crippen LogP contribution is 2.44. The van der Waals surface area contributed by atoms with E-state index in [0.717, 1.165) is 49.8 Å². The van der Waals surface area contributed by atoms with E-state index < -0.39 is 0 Å². The van der Waals surface area contributed by atoms with Gasteiger partial charge >= 0.3 is 0 Å². The predicted octanol–water partition coefficient (Wildman–Crippen LogP) is 10.9. The van der Waals surface area contributed by atoms with Crippen LogP contribution >= 0.6 is 0 Å². The van der Waals surface area contributed by atoms with Crippen LogP contribution in [0.25, 0.3) is 55.0 Å². The average molecular weight is 539 g/mol. The van der Waals surface area contributed by atoms with Gasteiger partial charge in [-0.15, -0.1) is 0 Å². The molecule has 3 heteroatoms. The van der Waals surface area contributed by atoms with Gasteiger partial charge in [0.05, 0.1) is 11.1 Å². The van der Waals surface area contributed by atoms with E-state index in [1.54, 1.807) is 0 Å². The minimum absolute atomic E-state index is 0.859. The highest BCUT2D eigenvalue weighted by molar-refractivity contribution is 6.16. The number of fused-ring (bicyclic) bond motifs is 4. The highest BCUT2D eigenvalue weighted by atomic mass is 16.3. The monoisotopic (exact) mass is 538 g/mol. The van der Waals surface area contributed by atoms with Crippen molar-refractivity contribution in [1.29, 1.82) is 0 Å². The largest absolute Gasteiger partial charge is 0.456 e. The van der Waals surface area contributed by atoms with E-state index in [-0.39, 0.29) is 0 Å². The van der Waals surface area contributed by atoms with Crippen molar-refractivity contribution < 1.29 is 4.42 Å². The first-order chi connectivity index (χ1) is 20.8. The summed E-state index contributed by atoms with van der Waals surface area (Å²) in [6.07, 6.45) is 3.74. The third-order valence-corrected chi connectivity index (χ3v) is 7.94. The third kappa shape index (κ3) is 4.20. The molecule has 0 atom stereocenters. The highest BCUT2D eigenvalue weighted by Gasteiger charge is 2.20. The fourth-order valence-electron chi connectivity index (χ4n) is 5.87. The zero-order valence-electron chi connectivity index (χ0n) is 22.8. The summed E-state index contributed by atoms with van der Waals surface area (Å²) in [5.41, 5.74) is 9.71. The van der Waals surface area contributed by atoms with Gasteiger partial charge in [0.15, 0.2) is 0 Å². The zero-order valence-corrected chi connectivity index (χ0v) is 22.8. The molecule has 0 unspecified atom stereocenters. The number of hydrogen-bond donors (Lipinski definition) is 0. The first-order valence-electron chi connectivity index (χ1n) is 14.1. The molecule has 8 aromatic rings. The minimum atomic E-state index is 0.859. The number of aromatic nitrogens is 1. The van der Waals surface area contributed by atoms with Crippen molar-refractivity contribution in [2.24, 2.45) is 0 Å². The smallest absolute Gasteiger partial charge is 0.137 e. The fraction of sp³-hybridized carbons (Fsp3) is 0. The molecule has 3 nitrogen and oxygen atoms in total. The molecule has 0 saturated carbocycles. The normalized spacial score (nSPS) is 11.3. The van der Waals surface area contributed by atoms with Crippen LogP contribution in [-0.2, 0) is 0 Å². The Labute approximate surface area is 243 Å². The van der Waals surface area contributed by atoms with Crippen molar-refractivity contribution in [3.63, 3.8) is 0 Å². The van der Waals surface area contributed by atoms with Crippen LogP contribution in [0.3, 0.4) is 0 Å². The van der Waals surface area contributed by atoms with Crippen molar-refractivity contribution in [2.45, 2.75) is 0 Å². The molecular formula is C39H26N2O. The lowest BCUT2D eigenvalue weighted by molar-refractivity contribution is 0.669. The summed E-state index contributed by atoms with van der Waals surface area (Å²) in [5, 5.41) is 4.36. The Morgan fingerprint density at radius 3 is 1.69 bits per heavy atom. The Morgan fingerprint density at radius 2 is 1.07 bits per heavy atom. The number of anilines is 3. The van der Waals surface area contributed by atoms with E-state index in [0.29, 0.717) is 0 Å². The van der Waals surface area contributed by atoms with Crippen LogP contribution < -0.4 is 4.90 Å². The van der Waals surface area contributed by atoms with Gasteiger partial charge in [-0.3, -0.25) is 4.98 Å². The second-order valence-corrected chi connectivity index (χ2v) is 10.5. The second-order valence-electron chi connectivity index (χ2n) is 10.5. The standard InChI is InChI=1S/C39H26N2O/c1-3-8-27(9-4-1)29-14-18-33(19-15-29)41(34-20-16-30(17-21-34)28-10-5-2-6-11-28)36-12-7-13-37-39(36)35-24-32-26-40-23-22-31(32)25-38(35)42-37/h1-26H.